The molecule has 28 heavy (non-hydrogen) atoms. The molecule has 1 amide bonds. The minimum Gasteiger partial charge on any atom is -0.369 e. The molecule has 1 aromatic carbocycles. The van der Waals surface area contributed by atoms with Gasteiger partial charge in [0.25, 0.3) is 0 Å². The number of likely N-dealkylation sites (N-methyl/N-ethyl adjacent to an activating group) is 1. The van der Waals surface area contributed by atoms with E-state index >= 15 is 0 Å². The molecule has 142 valence electrons. The summed E-state index contributed by atoms with van der Waals surface area (Å²) in [5, 5.41) is 18.6. The third-order valence-electron chi connectivity index (χ3n) is 5.29. The number of nitriles is 2. The van der Waals surface area contributed by atoms with Crippen LogP contribution in [-0.2, 0) is 15.7 Å². The minimum absolute atomic E-state index is 0.151. The number of aliphatic imine (C=N–C) groups is 1. The zero-order chi connectivity index (χ0) is 20.7. The Bertz CT molecular complexity index is 1040. The van der Waals surface area contributed by atoms with Crippen molar-refractivity contribution in [1.29, 1.82) is 10.5 Å². The van der Waals surface area contributed by atoms with Crippen molar-refractivity contribution in [3.63, 3.8) is 0 Å². The first kappa shape index (κ1) is 19.6. The number of benzene rings is 1. The number of hydrogen-bond donors (Lipinski definition) is 1. The van der Waals surface area contributed by atoms with Crippen molar-refractivity contribution >= 4 is 23.2 Å². The fourth-order valence-corrected chi connectivity index (χ4v) is 4.34. The highest BCUT2D eigenvalue weighted by Gasteiger charge is 2.48. The molecule has 1 aliphatic heterocycles. The zero-order valence-corrected chi connectivity index (χ0v) is 17.0. The average molecular weight is 392 g/mol. The van der Waals surface area contributed by atoms with Gasteiger partial charge >= 0.3 is 0 Å². The topological polar surface area (TPSA) is 106 Å². The number of rotatable bonds is 3. The van der Waals surface area contributed by atoms with E-state index in [1.807, 2.05) is 51.1 Å². The molecule has 0 bridgehead atoms. The Hall–Kier alpha value is -3.16. The van der Waals surface area contributed by atoms with Crippen molar-refractivity contribution in [2.24, 2.45) is 10.7 Å². The maximum absolute atomic E-state index is 13.2. The highest BCUT2D eigenvalue weighted by atomic mass is 32.1. The Labute approximate surface area is 168 Å². The number of nitrogens with two attached hydrogens (primary N) is 1. The predicted octanol–water partition coefficient (Wildman–Crippen LogP) is 3.21. The summed E-state index contributed by atoms with van der Waals surface area (Å²) in [4.78, 5) is 20.6. The molecule has 0 saturated carbocycles. The molecule has 0 saturated heterocycles. The molecule has 2 heterocycles. The summed E-state index contributed by atoms with van der Waals surface area (Å²) in [6.07, 6.45) is 0. The Morgan fingerprint density at radius 1 is 1.21 bits per heavy atom. The van der Waals surface area contributed by atoms with E-state index in [1.165, 1.54) is 16.2 Å². The van der Waals surface area contributed by atoms with Crippen LogP contribution in [0.15, 0.2) is 41.4 Å². The minimum atomic E-state index is -0.917. The van der Waals surface area contributed by atoms with E-state index < -0.39 is 16.9 Å². The number of hydrogen-bond acceptors (Lipinski definition) is 6. The number of thiophene rings is 1. The van der Waals surface area contributed by atoms with E-state index in [2.05, 4.69) is 17.1 Å². The summed E-state index contributed by atoms with van der Waals surface area (Å²) < 4.78 is 0. The highest BCUT2D eigenvalue weighted by molar-refractivity contribution is 7.12. The van der Waals surface area contributed by atoms with Gasteiger partial charge in [-0.2, -0.15) is 10.5 Å². The molecule has 3 rings (SSSR count). The predicted molar refractivity (Wildman–Crippen MR) is 109 cm³/mol. The van der Waals surface area contributed by atoms with Crippen LogP contribution in [0.25, 0.3) is 0 Å². The van der Waals surface area contributed by atoms with Gasteiger partial charge in [-0.3, -0.25) is 9.69 Å². The summed E-state index contributed by atoms with van der Waals surface area (Å²) in [6.45, 7) is 5.58. The lowest BCUT2D eigenvalue weighted by molar-refractivity contribution is -0.130. The average Bonchev–Trinajstić information content (AvgIpc) is 3.17. The van der Waals surface area contributed by atoms with Gasteiger partial charge in [-0.1, -0.05) is 24.3 Å². The van der Waals surface area contributed by atoms with Gasteiger partial charge < -0.3 is 5.73 Å². The summed E-state index contributed by atoms with van der Waals surface area (Å²) >= 11 is 1.32. The van der Waals surface area contributed by atoms with Gasteiger partial charge in [0.05, 0.1) is 17.4 Å². The number of nitrogens with zero attached hydrogens (tertiary/aromatic N) is 4. The third-order valence-corrected chi connectivity index (χ3v) is 6.51. The van der Waals surface area contributed by atoms with Crippen LogP contribution in [0.5, 0.6) is 0 Å². The summed E-state index contributed by atoms with van der Waals surface area (Å²) in [5.74, 6) is -0.596. The molecule has 2 N–H and O–H groups in total. The Kier molecular flexibility index (Phi) is 4.74. The molecular weight excluding hydrogens is 370 g/mol. The normalized spacial score (nSPS) is 22.4. The molecule has 0 fully saturated rings. The van der Waals surface area contributed by atoms with Crippen LogP contribution in [-0.4, -0.2) is 23.8 Å². The van der Waals surface area contributed by atoms with Gasteiger partial charge in [-0.05, 0) is 44.0 Å². The maximum atomic E-state index is 13.2. The fourth-order valence-electron chi connectivity index (χ4n) is 3.42. The molecule has 0 spiro atoms. The van der Waals surface area contributed by atoms with Crippen molar-refractivity contribution in [1.82, 2.24) is 4.90 Å². The molecule has 1 aliphatic rings. The van der Waals surface area contributed by atoms with Crippen LogP contribution in [0.2, 0.25) is 0 Å². The lowest BCUT2D eigenvalue weighted by Crippen LogP contribution is -2.52. The molecule has 0 unspecified atom stereocenters. The van der Waals surface area contributed by atoms with Gasteiger partial charge in [0, 0.05) is 11.9 Å². The summed E-state index contributed by atoms with van der Waals surface area (Å²) in [5.41, 5.74) is 6.15. The fraction of sp³-hybridized carbons (Fsp3) is 0.333. The first-order chi connectivity index (χ1) is 13.1. The standard InChI is InChI=1S/C21H21N5OS/c1-20(2,12-23)14-7-5-13(6-8-14)17-18(27)26(4)19(24)25-21(17,3)16-10-9-15(11-22)28-16/h5-10,17H,1-4H3,(H2,24,25)/t17-,21+/m0/s1. The van der Waals surface area contributed by atoms with Gasteiger partial charge in [-0.15, -0.1) is 11.3 Å². The second-order valence-corrected chi connectivity index (χ2v) is 8.67. The van der Waals surface area contributed by atoms with Crippen LogP contribution in [0, 0.1) is 22.7 Å². The van der Waals surface area contributed by atoms with Crippen LogP contribution in [0.1, 0.15) is 47.6 Å². The lowest BCUT2D eigenvalue weighted by Gasteiger charge is -2.40. The van der Waals surface area contributed by atoms with E-state index in [1.54, 1.807) is 13.1 Å². The second kappa shape index (κ2) is 6.78. The number of amides is 1. The molecule has 0 radical (unpaired) electrons. The van der Waals surface area contributed by atoms with E-state index in [9.17, 15) is 15.3 Å². The summed E-state index contributed by atoms with van der Waals surface area (Å²) in [6, 6.07) is 15.5. The van der Waals surface area contributed by atoms with Crippen molar-refractivity contribution in [3.8, 4) is 12.1 Å². The van der Waals surface area contributed by atoms with Crippen molar-refractivity contribution in [2.45, 2.75) is 37.6 Å². The second-order valence-electron chi connectivity index (χ2n) is 7.58. The third kappa shape index (κ3) is 3.04. The molecular formula is C21H21N5OS. The van der Waals surface area contributed by atoms with Crippen molar-refractivity contribution < 1.29 is 4.79 Å². The highest BCUT2D eigenvalue weighted by Crippen LogP contribution is 2.46. The Morgan fingerprint density at radius 2 is 1.86 bits per heavy atom. The first-order valence-corrected chi connectivity index (χ1v) is 9.60. The quantitative estimate of drug-likeness (QED) is 0.867. The van der Waals surface area contributed by atoms with Crippen molar-refractivity contribution in [2.75, 3.05) is 7.05 Å². The van der Waals surface area contributed by atoms with E-state index in [4.69, 9.17) is 5.73 Å². The molecule has 7 heteroatoms. The molecule has 2 atom stereocenters. The van der Waals surface area contributed by atoms with Gasteiger partial charge in [-0.25, -0.2) is 4.99 Å². The maximum Gasteiger partial charge on any atom is 0.239 e. The molecule has 6 nitrogen and oxygen atoms in total. The number of carbonyl (C=O) groups is 1. The van der Waals surface area contributed by atoms with Gasteiger partial charge in [0.15, 0.2) is 5.96 Å². The van der Waals surface area contributed by atoms with Crippen molar-refractivity contribution in [3.05, 3.63) is 57.3 Å². The molecule has 1 aromatic heterocycles. The van der Waals surface area contributed by atoms with E-state index in [0.717, 1.165) is 16.0 Å². The van der Waals surface area contributed by atoms with Crippen LogP contribution < -0.4 is 5.73 Å². The molecule has 2 aromatic rings. The Morgan fingerprint density at radius 3 is 2.39 bits per heavy atom. The monoisotopic (exact) mass is 391 g/mol. The lowest BCUT2D eigenvalue weighted by atomic mass is 9.76. The number of guanidine groups is 1. The smallest absolute Gasteiger partial charge is 0.239 e. The van der Waals surface area contributed by atoms with Crippen LogP contribution in [0.4, 0.5) is 0 Å². The Balaban J connectivity index is 2.14. The van der Waals surface area contributed by atoms with E-state index in [-0.39, 0.29) is 11.9 Å². The van der Waals surface area contributed by atoms with Crippen LogP contribution in [0.3, 0.4) is 0 Å². The first-order valence-electron chi connectivity index (χ1n) is 8.79. The van der Waals surface area contributed by atoms with Gasteiger partial charge in [0.2, 0.25) is 5.91 Å². The largest absolute Gasteiger partial charge is 0.369 e. The number of carbonyl (C=O) groups excluding carboxylic acids is 1. The van der Waals surface area contributed by atoms with Crippen LogP contribution >= 0.6 is 11.3 Å². The SMILES string of the molecule is CN1C(=O)[C@H](c2ccc(C(C)(C)C#N)cc2)[C@@](C)(c2ccc(C#N)s2)N=C1N. The molecule has 0 aliphatic carbocycles. The summed E-state index contributed by atoms with van der Waals surface area (Å²) in [7, 11) is 1.61. The van der Waals surface area contributed by atoms with E-state index in [0.29, 0.717) is 4.88 Å². The van der Waals surface area contributed by atoms with Gasteiger partial charge in [0.1, 0.15) is 16.5 Å². The zero-order valence-electron chi connectivity index (χ0n) is 16.2.